The van der Waals surface area contributed by atoms with Gasteiger partial charge in [-0.1, -0.05) is 29.8 Å². The van der Waals surface area contributed by atoms with E-state index in [4.69, 9.17) is 21.1 Å². The van der Waals surface area contributed by atoms with Crippen molar-refractivity contribution in [2.75, 3.05) is 7.11 Å². The maximum absolute atomic E-state index is 11.8. The SMILES string of the molecule is COc1ccc(/C=C/C(=O)C2CC2)cc1COc1ccc(C)cc1Cl. The molecule has 0 unspecified atom stereocenters. The molecule has 0 bridgehead atoms. The van der Waals surface area contributed by atoms with Gasteiger partial charge in [-0.05, 0) is 61.2 Å². The standard InChI is InChI=1S/C21H21ClO3/c1-14-3-9-21(18(22)11-14)25-13-17-12-15(5-10-20(17)24-2)4-8-19(23)16-6-7-16/h3-5,8-12,16H,6-7,13H2,1-2H3/b8-4+. The molecule has 0 heterocycles. The van der Waals surface area contributed by atoms with Gasteiger partial charge < -0.3 is 9.47 Å². The third kappa shape index (κ3) is 4.64. The Morgan fingerprint density at radius 2 is 1.96 bits per heavy atom. The van der Waals surface area contributed by atoms with E-state index < -0.39 is 0 Å². The lowest BCUT2D eigenvalue weighted by Crippen LogP contribution is -2.00. The first-order valence-electron chi connectivity index (χ1n) is 8.34. The summed E-state index contributed by atoms with van der Waals surface area (Å²) in [4.78, 5) is 11.8. The third-order valence-corrected chi connectivity index (χ3v) is 4.49. The molecule has 0 aliphatic heterocycles. The van der Waals surface area contributed by atoms with Crippen molar-refractivity contribution in [3.8, 4) is 11.5 Å². The smallest absolute Gasteiger partial charge is 0.158 e. The lowest BCUT2D eigenvalue weighted by atomic mass is 10.1. The number of rotatable bonds is 7. The van der Waals surface area contributed by atoms with Crippen molar-refractivity contribution in [3.05, 3.63) is 64.2 Å². The van der Waals surface area contributed by atoms with Gasteiger partial charge in [0.15, 0.2) is 5.78 Å². The van der Waals surface area contributed by atoms with Gasteiger partial charge in [0.25, 0.3) is 0 Å². The average Bonchev–Trinajstić information content (AvgIpc) is 3.44. The molecule has 1 fully saturated rings. The van der Waals surface area contributed by atoms with Gasteiger partial charge in [-0.25, -0.2) is 0 Å². The molecule has 0 saturated heterocycles. The number of halogens is 1. The Bertz CT molecular complexity index is 807. The van der Waals surface area contributed by atoms with E-state index in [1.54, 1.807) is 13.2 Å². The zero-order valence-corrected chi connectivity index (χ0v) is 15.2. The van der Waals surface area contributed by atoms with E-state index in [1.165, 1.54) is 0 Å². The van der Waals surface area contributed by atoms with Crippen LogP contribution in [0.1, 0.15) is 29.5 Å². The minimum absolute atomic E-state index is 0.208. The van der Waals surface area contributed by atoms with E-state index in [2.05, 4.69) is 0 Å². The molecule has 1 aliphatic rings. The maximum atomic E-state index is 11.8. The molecule has 0 N–H and O–H groups in total. The quantitative estimate of drug-likeness (QED) is 0.637. The van der Waals surface area contributed by atoms with E-state index in [1.807, 2.05) is 49.4 Å². The van der Waals surface area contributed by atoms with Crippen LogP contribution in [-0.2, 0) is 11.4 Å². The number of benzene rings is 2. The number of ether oxygens (including phenoxy) is 2. The molecule has 1 saturated carbocycles. The fraction of sp³-hybridized carbons (Fsp3) is 0.286. The number of hydrogen-bond donors (Lipinski definition) is 0. The topological polar surface area (TPSA) is 35.5 Å². The van der Waals surface area contributed by atoms with Crippen LogP contribution in [0.25, 0.3) is 6.08 Å². The summed E-state index contributed by atoms with van der Waals surface area (Å²) in [6.45, 7) is 2.32. The van der Waals surface area contributed by atoms with Crippen LogP contribution in [0.4, 0.5) is 0 Å². The van der Waals surface area contributed by atoms with Crippen LogP contribution in [-0.4, -0.2) is 12.9 Å². The van der Waals surface area contributed by atoms with Crippen molar-refractivity contribution in [1.82, 2.24) is 0 Å². The van der Waals surface area contributed by atoms with Crippen LogP contribution < -0.4 is 9.47 Å². The Hall–Kier alpha value is -2.26. The van der Waals surface area contributed by atoms with E-state index in [9.17, 15) is 4.79 Å². The monoisotopic (exact) mass is 356 g/mol. The normalized spacial score (nSPS) is 13.9. The van der Waals surface area contributed by atoms with Crippen LogP contribution >= 0.6 is 11.6 Å². The predicted molar refractivity (Wildman–Crippen MR) is 100 cm³/mol. The Kier molecular flexibility index (Phi) is 5.44. The van der Waals surface area contributed by atoms with E-state index >= 15 is 0 Å². The molecule has 2 aromatic rings. The number of allylic oxidation sites excluding steroid dienone is 1. The maximum Gasteiger partial charge on any atom is 0.158 e. The summed E-state index contributed by atoms with van der Waals surface area (Å²) < 4.78 is 11.3. The minimum atomic E-state index is 0.208. The van der Waals surface area contributed by atoms with Gasteiger partial charge in [-0.3, -0.25) is 4.79 Å². The molecule has 0 radical (unpaired) electrons. The van der Waals surface area contributed by atoms with Crippen LogP contribution in [0.15, 0.2) is 42.5 Å². The van der Waals surface area contributed by atoms with E-state index in [0.29, 0.717) is 17.4 Å². The molecular weight excluding hydrogens is 336 g/mol. The van der Waals surface area contributed by atoms with Crippen molar-refractivity contribution in [3.63, 3.8) is 0 Å². The summed E-state index contributed by atoms with van der Waals surface area (Å²) in [7, 11) is 1.63. The number of hydrogen-bond acceptors (Lipinski definition) is 3. The molecule has 1 aliphatic carbocycles. The molecule has 0 spiro atoms. The van der Waals surface area contributed by atoms with Gasteiger partial charge in [0.05, 0.1) is 12.1 Å². The summed E-state index contributed by atoms with van der Waals surface area (Å²) in [5.41, 5.74) is 2.94. The van der Waals surface area contributed by atoms with Crippen molar-refractivity contribution < 1.29 is 14.3 Å². The Morgan fingerprint density at radius 3 is 2.64 bits per heavy atom. The van der Waals surface area contributed by atoms with E-state index in [-0.39, 0.29) is 11.7 Å². The molecule has 0 atom stereocenters. The molecule has 2 aromatic carbocycles. The summed E-state index contributed by atoms with van der Waals surface area (Å²) in [5, 5.41) is 0.588. The molecule has 25 heavy (non-hydrogen) atoms. The number of carbonyl (C=O) groups is 1. The van der Waals surface area contributed by atoms with Gasteiger partial charge in [0.1, 0.15) is 18.1 Å². The molecule has 4 heteroatoms. The van der Waals surface area contributed by atoms with E-state index in [0.717, 1.165) is 35.3 Å². The summed E-state index contributed by atoms with van der Waals surface area (Å²) in [6.07, 6.45) is 5.55. The number of ketones is 1. The van der Waals surface area contributed by atoms with Gasteiger partial charge in [-0.15, -0.1) is 0 Å². The zero-order valence-electron chi connectivity index (χ0n) is 14.4. The van der Waals surface area contributed by atoms with Crippen molar-refractivity contribution >= 4 is 23.5 Å². The summed E-state index contributed by atoms with van der Waals surface area (Å²) in [5.74, 6) is 1.83. The van der Waals surface area contributed by atoms with Crippen molar-refractivity contribution in [2.24, 2.45) is 5.92 Å². The van der Waals surface area contributed by atoms with Gasteiger partial charge in [-0.2, -0.15) is 0 Å². The molecule has 0 amide bonds. The highest BCUT2D eigenvalue weighted by Gasteiger charge is 2.27. The Balaban J connectivity index is 1.74. The number of methoxy groups -OCH3 is 1. The Morgan fingerprint density at radius 1 is 1.20 bits per heavy atom. The first kappa shape index (κ1) is 17.6. The lowest BCUT2D eigenvalue weighted by Gasteiger charge is -2.12. The highest BCUT2D eigenvalue weighted by atomic mass is 35.5. The van der Waals surface area contributed by atoms with Crippen LogP contribution in [0.3, 0.4) is 0 Å². The highest BCUT2D eigenvalue weighted by molar-refractivity contribution is 6.32. The number of carbonyl (C=O) groups excluding carboxylic acids is 1. The fourth-order valence-electron chi connectivity index (χ4n) is 2.58. The second-order valence-corrected chi connectivity index (χ2v) is 6.71. The van der Waals surface area contributed by atoms with Crippen LogP contribution in [0, 0.1) is 12.8 Å². The second-order valence-electron chi connectivity index (χ2n) is 6.30. The molecule has 3 rings (SSSR count). The summed E-state index contributed by atoms with van der Waals surface area (Å²) in [6, 6.07) is 11.5. The predicted octanol–water partition coefficient (Wildman–Crippen LogP) is 5.23. The largest absolute Gasteiger partial charge is 0.496 e. The lowest BCUT2D eigenvalue weighted by molar-refractivity contribution is -0.115. The second kappa shape index (κ2) is 7.75. The summed E-state index contributed by atoms with van der Waals surface area (Å²) >= 11 is 6.22. The van der Waals surface area contributed by atoms with Gasteiger partial charge in [0.2, 0.25) is 0 Å². The molecule has 130 valence electrons. The minimum Gasteiger partial charge on any atom is -0.496 e. The van der Waals surface area contributed by atoms with Gasteiger partial charge >= 0.3 is 0 Å². The third-order valence-electron chi connectivity index (χ3n) is 4.19. The first-order valence-corrected chi connectivity index (χ1v) is 8.72. The fourth-order valence-corrected chi connectivity index (χ4v) is 2.87. The van der Waals surface area contributed by atoms with Crippen LogP contribution in [0.5, 0.6) is 11.5 Å². The van der Waals surface area contributed by atoms with Crippen molar-refractivity contribution in [1.29, 1.82) is 0 Å². The first-order chi connectivity index (χ1) is 12.1. The van der Waals surface area contributed by atoms with Gasteiger partial charge in [0, 0.05) is 11.5 Å². The molecule has 0 aromatic heterocycles. The molecule has 3 nitrogen and oxygen atoms in total. The van der Waals surface area contributed by atoms with Crippen LogP contribution in [0.2, 0.25) is 5.02 Å². The zero-order chi connectivity index (χ0) is 17.8. The highest BCUT2D eigenvalue weighted by Crippen LogP contribution is 2.31. The average molecular weight is 357 g/mol. The number of aryl methyl sites for hydroxylation is 1. The Labute approximate surface area is 153 Å². The molecular formula is C21H21ClO3. The van der Waals surface area contributed by atoms with Crippen molar-refractivity contribution in [2.45, 2.75) is 26.4 Å².